The number of carbonyl (C=O) groups excluding carboxylic acids is 1. The quantitative estimate of drug-likeness (QED) is 0.483. The van der Waals surface area contributed by atoms with Crippen molar-refractivity contribution in [3.63, 3.8) is 0 Å². The number of ether oxygens (including phenoxy) is 2. The zero-order chi connectivity index (χ0) is 20.1. The molecule has 0 aliphatic heterocycles. The van der Waals surface area contributed by atoms with E-state index in [0.717, 1.165) is 18.4 Å². The molecule has 2 N–H and O–H groups in total. The molecule has 0 saturated heterocycles. The second kappa shape index (κ2) is 13.1. The maximum Gasteiger partial charge on any atom is 0.333 e. The van der Waals surface area contributed by atoms with Gasteiger partial charge in [-0.3, -0.25) is 4.79 Å². The molecule has 0 saturated carbocycles. The third-order valence-corrected chi connectivity index (χ3v) is 4.26. The van der Waals surface area contributed by atoms with Crippen molar-refractivity contribution in [1.29, 1.82) is 0 Å². The number of hydrogen-bond acceptors (Lipinski definition) is 4. The van der Waals surface area contributed by atoms with Crippen LogP contribution in [-0.2, 0) is 20.7 Å². The summed E-state index contributed by atoms with van der Waals surface area (Å²) >= 11 is 0. The molecule has 6 nitrogen and oxygen atoms in total. The van der Waals surface area contributed by atoms with Gasteiger partial charge in [-0.15, -0.1) is 0 Å². The largest absolute Gasteiger partial charge is 0.481 e. The second-order valence-corrected chi connectivity index (χ2v) is 6.50. The zero-order valence-corrected chi connectivity index (χ0v) is 16.7. The third-order valence-electron chi connectivity index (χ3n) is 4.26. The first-order valence-electron chi connectivity index (χ1n) is 9.89. The van der Waals surface area contributed by atoms with Crippen LogP contribution in [0.25, 0.3) is 0 Å². The molecule has 0 aliphatic rings. The molecule has 0 aromatic heterocycles. The van der Waals surface area contributed by atoms with Crippen molar-refractivity contribution >= 4 is 11.9 Å². The van der Waals surface area contributed by atoms with E-state index in [1.54, 1.807) is 31.2 Å². The predicted octanol–water partition coefficient (Wildman–Crippen LogP) is 3.57. The molecule has 1 aromatic carbocycles. The normalized spacial score (nSPS) is 13.0. The minimum absolute atomic E-state index is 0.0969. The topological polar surface area (TPSA) is 84.9 Å². The fraction of sp³-hybridized carbons (Fsp3) is 0.619. The Morgan fingerprint density at radius 3 is 2.30 bits per heavy atom. The minimum atomic E-state index is -0.973. The second-order valence-electron chi connectivity index (χ2n) is 6.50. The first-order valence-corrected chi connectivity index (χ1v) is 9.89. The average Bonchev–Trinajstić information content (AvgIpc) is 2.66. The molecule has 2 atom stereocenters. The Morgan fingerprint density at radius 1 is 1.04 bits per heavy atom. The molecule has 1 amide bonds. The molecular formula is C21H33NO5. The smallest absolute Gasteiger partial charge is 0.333 e. The zero-order valence-electron chi connectivity index (χ0n) is 16.7. The molecule has 0 bridgehead atoms. The Morgan fingerprint density at radius 2 is 1.74 bits per heavy atom. The number of amides is 1. The molecule has 0 spiro atoms. The van der Waals surface area contributed by atoms with Crippen LogP contribution in [0.15, 0.2) is 24.3 Å². The number of hydrogen-bond donors (Lipinski definition) is 2. The van der Waals surface area contributed by atoms with Gasteiger partial charge in [-0.25, -0.2) is 4.79 Å². The first kappa shape index (κ1) is 23.0. The Labute approximate surface area is 162 Å². The van der Waals surface area contributed by atoms with Crippen molar-refractivity contribution in [3.8, 4) is 5.75 Å². The summed E-state index contributed by atoms with van der Waals surface area (Å²) in [5.74, 6) is -0.478. The number of carbonyl (C=O) groups is 2. The molecule has 6 heteroatoms. The highest BCUT2D eigenvalue weighted by molar-refractivity contribution is 5.81. The molecule has 27 heavy (non-hydrogen) atoms. The summed E-state index contributed by atoms with van der Waals surface area (Å²) in [5.41, 5.74) is 0.844. The lowest BCUT2D eigenvalue weighted by molar-refractivity contribution is -0.150. The molecule has 1 aromatic rings. The van der Waals surface area contributed by atoms with E-state index in [-0.39, 0.29) is 5.91 Å². The summed E-state index contributed by atoms with van der Waals surface area (Å²) in [6.07, 6.45) is 3.93. The van der Waals surface area contributed by atoms with Gasteiger partial charge < -0.3 is 19.9 Å². The van der Waals surface area contributed by atoms with E-state index >= 15 is 0 Å². The Kier molecular flexibility index (Phi) is 11.2. The number of carboxylic acids is 1. The standard InChI is InChI=1S/C21H33NO5/c1-4-7-8-9-14-22-20(23)18(5-2)27-17-12-10-16(11-13-17)15-19(21(24)25)26-6-3/h10-13,18-19H,4-9,14-15H2,1-3H3,(H,22,23)(H,24,25)/t18?,19-/m0/s1. The van der Waals surface area contributed by atoms with Crippen LogP contribution in [0.2, 0.25) is 0 Å². The summed E-state index contributed by atoms with van der Waals surface area (Å²) in [4.78, 5) is 23.4. The van der Waals surface area contributed by atoms with E-state index in [9.17, 15) is 9.59 Å². The van der Waals surface area contributed by atoms with E-state index < -0.39 is 18.2 Å². The van der Waals surface area contributed by atoms with Crippen LogP contribution >= 0.6 is 0 Å². The van der Waals surface area contributed by atoms with Crippen molar-refractivity contribution in [2.75, 3.05) is 13.2 Å². The van der Waals surface area contributed by atoms with Crippen molar-refractivity contribution in [1.82, 2.24) is 5.32 Å². The van der Waals surface area contributed by atoms with E-state index in [1.165, 1.54) is 12.8 Å². The van der Waals surface area contributed by atoms with Gasteiger partial charge in [-0.1, -0.05) is 45.2 Å². The van der Waals surface area contributed by atoms with Gasteiger partial charge in [-0.05, 0) is 37.5 Å². The lowest BCUT2D eigenvalue weighted by atomic mass is 10.1. The monoisotopic (exact) mass is 379 g/mol. The number of nitrogens with one attached hydrogen (secondary N) is 1. The number of unbranched alkanes of at least 4 members (excludes halogenated alkanes) is 3. The van der Waals surface area contributed by atoms with Crippen LogP contribution in [0.4, 0.5) is 0 Å². The number of rotatable bonds is 14. The predicted molar refractivity (Wildman–Crippen MR) is 105 cm³/mol. The Balaban J connectivity index is 2.53. The Bertz CT molecular complexity index is 558. The van der Waals surface area contributed by atoms with Crippen LogP contribution in [0.1, 0.15) is 58.4 Å². The molecule has 152 valence electrons. The molecule has 0 radical (unpaired) electrons. The van der Waals surface area contributed by atoms with Crippen LogP contribution in [0.5, 0.6) is 5.75 Å². The maximum absolute atomic E-state index is 12.3. The van der Waals surface area contributed by atoms with Crippen LogP contribution in [-0.4, -0.2) is 42.3 Å². The molecule has 0 aliphatic carbocycles. The fourth-order valence-electron chi connectivity index (χ4n) is 2.70. The summed E-state index contributed by atoms with van der Waals surface area (Å²) in [6.45, 7) is 6.86. The Hall–Kier alpha value is -2.08. The molecule has 0 heterocycles. The lowest BCUT2D eigenvalue weighted by Crippen LogP contribution is -2.38. The molecular weight excluding hydrogens is 346 g/mol. The lowest BCUT2D eigenvalue weighted by Gasteiger charge is -2.18. The van der Waals surface area contributed by atoms with Gasteiger partial charge in [-0.2, -0.15) is 0 Å². The van der Waals surface area contributed by atoms with Crippen molar-refractivity contribution < 1.29 is 24.2 Å². The number of aliphatic carboxylic acids is 1. The number of carboxylic acid groups (broad SMARTS) is 1. The van der Waals surface area contributed by atoms with Gasteiger partial charge in [0.1, 0.15) is 5.75 Å². The van der Waals surface area contributed by atoms with Crippen molar-refractivity contribution in [3.05, 3.63) is 29.8 Å². The van der Waals surface area contributed by atoms with Crippen molar-refractivity contribution in [2.24, 2.45) is 0 Å². The van der Waals surface area contributed by atoms with Gasteiger partial charge in [0.15, 0.2) is 12.2 Å². The highest BCUT2D eigenvalue weighted by atomic mass is 16.5. The number of benzene rings is 1. The van der Waals surface area contributed by atoms with E-state index in [0.29, 0.717) is 31.7 Å². The van der Waals surface area contributed by atoms with Crippen LogP contribution in [0.3, 0.4) is 0 Å². The maximum atomic E-state index is 12.3. The highest BCUT2D eigenvalue weighted by Gasteiger charge is 2.19. The van der Waals surface area contributed by atoms with Gasteiger partial charge in [0.25, 0.3) is 5.91 Å². The van der Waals surface area contributed by atoms with E-state index in [2.05, 4.69) is 12.2 Å². The SMILES string of the molecule is CCCCCCNC(=O)C(CC)Oc1ccc(C[C@H](OCC)C(=O)O)cc1. The highest BCUT2D eigenvalue weighted by Crippen LogP contribution is 2.17. The summed E-state index contributed by atoms with van der Waals surface area (Å²) in [5, 5.41) is 12.1. The van der Waals surface area contributed by atoms with Gasteiger partial charge in [0.05, 0.1) is 0 Å². The van der Waals surface area contributed by atoms with E-state index in [4.69, 9.17) is 14.6 Å². The van der Waals surface area contributed by atoms with Gasteiger partial charge in [0.2, 0.25) is 0 Å². The molecule has 0 fully saturated rings. The summed E-state index contributed by atoms with van der Waals surface area (Å²) in [7, 11) is 0. The van der Waals surface area contributed by atoms with Gasteiger partial charge >= 0.3 is 5.97 Å². The molecule has 1 rings (SSSR count). The third kappa shape index (κ3) is 8.91. The fourth-order valence-corrected chi connectivity index (χ4v) is 2.70. The van der Waals surface area contributed by atoms with E-state index in [1.807, 2.05) is 6.92 Å². The minimum Gasteiger partial charge on any atom is -0.481 e. The summed E-state index contributed by atoms with van der Waals surface area (Å²) in [6, 6.07) is 7.13. The summed E-state index contributed by atoms with van der Waals surface area (Å²) < 4.78 is 11.0. The van der Waals surface area contributed by atoms with Crippen LogP contribution < -0.4 is 10.1 Å². The van der Waals surface area contributed by atoms with Gasteiger partial charge in [0, 0.05) is 19.6 Å². The van der Waals surface area contributed by atoms with Crippen LogP contribution in [0, 0.1) is 0 Å². The van der Waals surface area contributed by atoms with Crippen molar-refractivity contribution in [2.45, 2.75) is 71.5 Å². The average molecular weight is 379 g/mol. The first-order chi connectivity index (χ1) is 13.0. The molecule has 1 unspecified atom stereocenters.